The molecule has 0 heterocycles. The van der Waals surface area contributed by atoms with E-state index in [-0.39, 0.29) is 5.41 Å². The van der Waals surface area contributed by atoms with Crippen LogP contribution in [0.3, 0.4) is 0 Å². The van der Waals surface area contributed by atoms with E-state index < -0.39 is 0 Å². The minimum absolute atomic E-state index is 0.144. The van der Waals surface area contributed by atoms with Crippen molar-refractivity contribution in [1.29, 1.82) is 5.26 Å². The Morgan fingerprint density at radius 1 is 1.38 bits per heavy atom. The molecule has 2 aliphatic carbocycles. The predicted octanol–water partition coefficient (Wildman–Crippen LogP) is 2.71. The Morgan fingerprint density at radius 2 is 2.23 bits per heavy atom. The zero-order valence-corrected chi connectivity index (χ0v) is 7.20. The Labute approximate surface area is 77.3 Å². The van der Waals surface area contributed by atoms with E-state index in [2.05, 4.69) is 36.4 Å². The van der Waals surface area contributed by atoms with Gasteiger partial charge in [0.2, 0.25) is 0 Å². The van der Waals surface area contributed by atoms with Crippen LogP contribution >= 0.6 is 0 Å². The van der Waals surface area contributed by atoms with Crippen molar-refractivity contribution in [3.8, 4) is 6.07 Å². The summed E-state index contributed by atoms with van der Waals surface area (Å²) in [6.45, 7) is 0. The third-order valence-electron chi connectivity index (χ3n) is 3.14. The van der Waals surface area contributed by atoms with Crippen LogP contribution in [-0.2, 0) is 0 Å². The molecule has 1 aromatic rings. The maximum absolute atomic E-state index is 9.02. The van der Waals surface area contributed by atoms with Gasteiger partial charge in [0, 0.05) is 5.92 Å². The molecule has 0 bridgehead atoms. The van der Waals surface area contributed by atoms with Crippen molar-refractivity contribution in [2.45, 2.75) is 12.3 Å². The van der Waals surface area contributed by atoms with E-state index in [1.807, 2.05) is 6.07 Å². The number of nitrogens with zero attached hydrogens (tertiary/aromatic N) is 1. The zero-order valence-electron chi connectivity index (χ0n) is 7.20. The van der Waals surface area contributed by atoms with Gasteiger partial charge in [0.25, 0.3) is 0 Å². The summed E-state index contributed by atoms with van der Waals surface area (Å²) in [5, 5.41) is 9.02. The molecule has 13 heavy (non-hydrogen) atoms. The van der Waals surface area contributed by atoms with Crippen molar-refractivity contribution >= 4 is 6.08 Å². The van der Waals surface area contributed by atoms with Crippen LogP contribution in [0.1, 0.15) is 23.5 Å². The van der Waals surface area contributed by atoms with Crippen LogP contribution in [0.2, 0.25) is 0 Å². The van der Waals surface area contributed by atoms with Crippen molar-refractivity contribution < 1.29 is 0 Å². The minimum atomic E-state index is -0.144. The van der Waals surface area contributed by atoms with Crippen LogP contribution in [0.25, 0.3) is 6.08 Å². The molecule has 0 aliphatic heterocycles. The second kappa shape index (κ2) is 2.03. The second-order valence-electron chi connectivity index (χ2n) is 3.87. The fourth-order valence-electron chi connectivity index (χ4n) is 2.23. The van der Waals surface area contributed by atoms with E-state index in [9.17, 15) is 0 Å². The van der Waals surface area contributed by atoms with Gasteiger partial charge in [-0.05, 0) is 17.5 Å². The topological polar surface area (TPSA) is 23.8 Å². The largest absolute Gasteiger partial charge is 0.197 e. The van der Waals surface area contributed by atoms with E-state index in [0.29, 0.717) is 5.92 Å². The first-order chi connectivity index (χ1) is 6.36. The van der Waals surface area contributed by atoms with E-state index in [1.165, 1.54) is 11.1 Å². The lowest BCUT2D eigenvalue weighted by molar-refractivity contribution is 0.817. The third-order valence-corrected chi connectivity index (χ3v) is 3.14. The molecule has 3 rings (SSSR count). The summed E-state index contributed by atoms with van der Waals surface area (Å²) in [6, 6.07) is 10.8. The highest BCUT2D eigenvalue weighted by Crippen LogP contribution is 2.62. The van der Waals surface area contributed by atoms with Gasteiger partial charge in [-0.2, -0.15) is 5.26 Å². The predicted molar refractivity (Wildman–Crippen MR) is 50.9 cm³/mol. The Kier molecular flexibility index (Phi) is 1.08. The molecule has 0 amide bonds. The standard InChI is InChI=1S/C12H9N/c13-8-12-6-5-9-3-1-2-4-10(9)11(12)7-12/h1-6,11H,7H2. The fraction of sp³-hybridized carbons (Fsp3) is 0.250. The summed E-state index contributed by atoms with van der Waals surface area (Å²) >= 11 is 0. The molecule has 1 saturated carbocycles. The van der Waals surface area contributed by atoms with Gasteiger partial charge in [0.05, 0.1) is 11.5 Å². The van der Waals surface area contributed by atoms with Gasteiger partial charge in [-0.1, -0.05) is 36.4 Å². The number of nitriles is 1. The molecule has 1 fully saturated rings. The number of hydrogen-bond donors (Lipinski definition) is 0. The van der Waals surface area contributed by atoms with Crippen molar-refractivity contribution in [1.82, 2.24) is 0 Å². The summed E-state index contributed by atoms with van der Waals surface area (Å²) in [7, 11) is 0. The van der Waals surface area contributed by atoms with Crippen LogP contribution in [-0.4, -0.2) is 0 Å². The smallest absolute Gasteiger partial charge is 0.0832 e. The van der Waals surface area contributed by atoms with Gasteiger partial charge in [0.1, 0.15) is 0 Å². The van der Waals surface area contributed by atoms with E-state index in [1.54, 1.807) is 0 Å². The average Bonchev–Trinajstić information content (AvgIpc) is 2.93. The fourth-order valence-corrected chi connectivity index (χ4v) is 2.23. The Morgan fingerprint density at radius 3 is 3.08 bits per heavy atom. The van der Waals surface area contributed by atoms with Crippen molar-refractivity contribution in [2.75, 3.05) is 0 Å². The highest BCUT2D eigenvalue weighted by Gasteiger charge is 2.55. The quantitative estimate of drug-likeness (QED) is 0.582. The Balaban J connectivity index is 2.18. The first-order valence-corrected chi connectivity index (χ1v) is 4.55. The number of fused-ring (bicyclic) bond motifs is 3. The lowest BCUT2D eigenvalue weighted by Gasteiger charge is -2.12. The van der Waals surface area contributed by atoms with Gasteiger partial charge >= 0.3 is 0 Å². The molecule has 1 aromatic carbocycles. The number of hydrogen-bond acceptors (Lipinski definition) is 1. The first-order valence-electron chi connectivity index (χ1n) is 4.55. The van der Waals surface area contributed by atoms with Gasteiger partial charge in [-0.25, -0.2) is 0 Å². The molecule has 0 saturated heterocycles. The molecule has 62 valence electrons. The maximum Gasteiger partial charge on any atom is 0.0832 e. The number of allylic oxidation sites excluding steroid dienone is 1. The van der Waals surface area contributed by atoms with Gasteiger partial charge in [-0.3, -0.25) is 0 Å². The summed E-state index contributed by atoms with van der Waals surface area (Å²) in [4.78, 5) is 0. The average molecular weight is 167 g/mol. The van der Waals surface area contributed by atoms with Crippen molar-refractivity contribution in [3.63, 3.8) is 0 Å². The van der Waals surface area contributed by atoms with E-state index >= 15 is 0 Å². The SMILES string of the molecule is N#CC12C=Cc3ccccc3C1C2. The van der Waals surface area contributed by atoms with Crippen molar-refractivity contribution in [3.05, 3.63) is 41.5 Å². The monoisotopic (exact) mass is 167 g/mol. The first kappa shape index (κ1) is 6.91. The highest BCUT2D eigenvalue weighted by atomic mass is 14.6. The third kappa shape index (κ3) is 0.754. The Hall–Kier alpha value is -1.55. The molecular formula is C12H9N. The molecule has 0 radical (unpaired) electrons. The molecule has 0 N–H and O–H groups in total. The Bertz CT molecular complexity index is 439. The normalized spacial score (nSPS) is 33.0. The van der Waals surface area contributed by atoms with Crippen LogP contribution in [0, 0.1) is 16.7 Å². The minimum Gasteiger partial charge on any atom is -0.197 e. The lowest BCUT2D eigenvalue weighted by Crippen LogP contribution is -2.01. The zero-order chi connectivity index (χ0) is 8.89. The molecule has 0 spiro atoms. The van der Waals surface area contributed by atoms with Gasteiger partial charge in [0.15, 0.2) is 0 Å². The van der Waals surface area contributed by atoms with Crippen LogP contribution in [0.5, 0.6) is 0 Å². The second-order valence-corrected chi connectivity index (χ2v) is 3.87. The van der Waals surface area contributed by atoms with Gasteiger partial charge in [-0.15, -0.1) is 0 Å². The molecule has 0 aromatic heterocycles. The summed E-state index contributed by atoms with van der Waals surface area (Å²) in [5.74, 6) is 0.471. The summed E-state index contributed by atoms with van der Waals surface area (Å²) < 4.78 is 0. The van der Waals surface area contributed by atoms with E-state index in [0.717, 1.165) is 6.42 Å². The van der Waals surface area contributed by atoms with Crippen LogP contribution < -0.4 is 0 Å². The molecule has 2 atom stereocenters. The van der Waals surface area contributed by atoms with Crippen LogP contribution in [0.15, 0.2) is 30.3 Å². The highest BCUT2D eigenvalue weighted by molar-refractivity contribution is 5.64. The lowest BCUT2D eigenvalue weighted by atomic mass is 9.91. The maximum atomic E-state index is 9.02. The van der Waals surface area contributed by atoms with Crippen LogP contribution in [0.4, 0.5) is 0 Å². The van der Waals surface area contributed by atoms with E-state index in [4.69, 9.17) is 5.26 Å². The number of benzene rings is 1. The van der Waals surface area contributed by atoms with Crippen molar-refractivity contribution in [2.24, 2.45) is 5.41 Å². The molecule has 2 aliphatic rings. The molecule has 1 heteroatoms. The van der Waals surface area contributed by atoms with Gasteiger partial charge < -0.3 is 0 Å². The summed E-state index contributed by atoms with van der Waals surface area (Å²) in [6.07, 6.45) is 5.17. The summed E-state index contributed by atoms with van der Waals surface area (Å²) in [5.41, 5.74) is 2.50. The molecule has 1 nitrogen and oxygen atoms in total. The molecular weight excluding hydrogens is 158 g/mol. The number of rotatable bonds is 0. The molecule has 2 unspecified atom stereocenters.